The van der Waals surface area contributed by atoms with Crippen molar-refractivity contribution in [3.63, 3.8) is 0 Å². The van der Waals surface area contributed by atoms with Gasteiger partial charge in [-0.05, 0) is 61.7 Å². The number of aromatic nitrogens is 1. The second-order valence-corrected chi connectivity index (χ2v) is 9.13. The van der Waals surface area contributed by atoms with E-state index in [0.29, 0.717) is 6.54 Å². The van der Waals surface area contributed by atoms with Crippen LogP contribution in [0.2, 0.25) is 5.02 Å². The summed E-state index contributed by atoms with van der Waals surface area (Å²) in [5.74, 6) is 0.870. The molecule has 5 nitrogen and oxygen atoms in total. The molecule has 2 atom stereocenters. The molecule has 31 heavy (non-hydrogen) atoms. The Bertz CT molecular complexity index is 1050. The van der Waals surface area contributed by atoms with Crippen LogP contribution in [0.25, 0.3) is 10.9 Å². The van der Waals surface area contributed by atoms with Crippen LogP contribution >= 0.6 is 11.6 Å². The van der Waals surface area contributed by atoms with Crippen molar-refractivity contribution in [2.45, 2.75) is 38.0 Å². The maximum absolute atomic E-state index is 10.9. The van der Waals surface area contributed by atoms with Gasteiger partial charge in [-0.1, -0.05) is 23.7 Å². The highest BCUT2D eigenvalue weighted by atomic mass is 35.5. The van der Waals surface area contributed by atoms with Crippen LogP contribution in [-0.4, -0.2) is 59.4 Å². The topological polar surface area (TPSA) is 48.8 Å². The van der Waals surface area contributed by atoms with Crippen LogP contribution in [0.1, 0.15) is 18.4 Å². The minimum Gasteiger partial charge on any atom is -0.490 e. The average molecular weight is 438 g/mol. The summed E-state index contributed by atoms with van der Waals surface area (Å²) in [7, 11) is 0. The van der Waals surface area contributed by atoms with Gasteiger partial charge < -0.3 is 14.7 Å². The minimum atomic E-state index is -0.359. The van der Waals surface area contributed by atoms with Crippen LogP contribution in [0, 0.1) is 6.92 Å². The van der Waals surface area contributed by atoms with Crippen molar-refractivity contribution in [1.82, 2.24) is 9.88 Å². The van der Waals surface area contributed by atoms with Crippen molar-refractivity contribution >= 4 is 28.2 Å². The first kappa shape index (κ1) is 20.6. The Balaban J connectivity index is 1.23. The molecule has 0 saturated carbocycles. The van der Waals surface area contributed by atoms with Gasteiger partial charge in [0.15, 0.2) is 0 Å². The fraction of sp³-hybridized carbons (Fsp3) is 0.400. The highest BCUT2D eigenvalue weighted by Crippen LogP contribution is 2.31. The van der Waals surface area contributed by atoms with Gasteiger partial charge in [-0.2, -0.15) is 0 Å². The lowest BCUT2D eigenvalue weighted by atomic mass is 10.0. The summed E-state index contributed by atoms with van der Waals surface area (Å²) < 4.78 is 6.13. The Hall–Kier alpha value is -2.34. The Morgan fingerprint density at radius 3 is 2.58 bits per heavy atom. The van der Waals surface area contributed by atoms with Crippen LogP contribution in [-0.2, 0) is 0 Å². The Labute approximate surface area is 188 Å². The Morgan fingerprint density at radius 2 is 1.81 bits per heavy atom. The van der Waals surface area contributed by atoms with Gasteiger partial charge in [-0.3, -0.25) is 9.88 Å². The van der Waals surface area contributed by atoms with Crippen molar-refractivity contribution in [2.75, 3.05) is 31.1 Å². The number of rotatable bonds is 4. The highest BCUT2D eigenvalue weighted by molar-refractivity contribution is 6.30. The van der Waals surface area contributed by atoms with Crippen LogP contribution in [0.15, 0.2) is 54.7 Å². The second-order valence-electron chi connectivity index (χ2n) is 8.70. The zero-order valence-electron chi connectivity index (χ0n) is 17.7. The van der Waals surface area contributed by atoms with E-state index in [1.54, 1.807) is 0 Å². The largest absolute Gasteiger partial charge is 0.490 e. The summed E-state index contributed by atoms with van der Waals surface area (Å²) >= 11 is 5.96. The fourth-order valence-corrected chi connectivity index (χ4v) is 5.00. The predicted octanol–water partition coefficient (Wildman–Crippen LogP) is 4.29. The number of β-amino-alcohol motifs (C(OH)–C–C–N with tert-alkyl or cyclic N) is 1. The molecular weight excluding hydrogens is 410 g/mol. The van der Waals surface area contributed by atoms with Crippen molar-refractivity contribution in [2.24, 2.45) is 0 Å². The standard InChI is InChI=1S/C25H28ClN3O2/c1-17-2-7-21-22(14-17)27-11-8-23(21)29-15-24(25(30)16-29)28-12-9-20(10-13-28)31-19-5-3-18(26)4-6-19/h2-8,11,14,20,24-25,30H,9-10,12-13,15-16H2,1H3/t24-,25-/m0/s1. The molecule has 3 aromatic rings. The van der Waals surface area contributed by atoms with Crippen molar-refractivity contribution < 1.29 is 9.84 Å². The molecule has 162 valence electrons. The SMILES string of the molecule is Cc1ccc2c(N3C[C@H](O)[C@@H](N4CCC(Oc5ccc(Cl)cc5)CC4)C3)ccnc2c1. The van der Waals surface area contributed by atoms with Gasteiger partial charge >= 0.3 is 0 Å². The van der Waals surface area contributed by atoms with E-state index in [1.807, 2.05) is 30.5 Å². The number of likely N-dealkylation sites (tertiary alicyclic amines) is 1. The van der Waals surface area contributed by atoms with Crippen molar-refractivity contribution in [1.29, 1.82) is 0 Å². The van der Waals surface area contributed by atoms with Crippen LogP contribution in [0.4, 0.5) is 5.69 Å². The summed E-state index contributed by atoms with van der Waals surface area (Å²) in [5, 5.41) is 12.7. The predicted molar refractivity (Wildman–Crippen MR) is 125 cm³/mol. The summed E-state index contributed by atoms with van der Waals surface area (Å²) in [6.45, 7) is 5.44. The molecule has 1 aromatic heterocycles. The van der Waals surface area contributed by atoms with Gasteiger partial charge in [0, 0.05) is 48.5 Å². The molecule has 5 rings (SSSR count). The van der Waals surface area contributed by atoms with Gasteiger partial charge in [0.1, 0.15) is 11.9 Å². The van der Waals surface area contributed by atoms with Crippen LogP contribution in [0.5, 0.6) is 5.75 Å². The zero-order valence-corrected chi connectivity index (χ0v) is 18.5. The van der Waals surface area contributed by atoms with E-state index in [9.17, 15) is 5.11 Å². The number of aliphatic hydroxyl groups excluding tert-OH is 1. The number of hydrogen-bond acceptors (Lipinski definition) is 5. The number of piperidine rings is 1. The molecule has 3 heterocycles. The lowest BCUT2D eigenvalue weighted by Gasteiger charge is -2.37. The molecule has 2 saturated heterocycles. The van der Waals surface area contributed by atoms with E-state index in [-0.39, 0.29) is 18.2 Å². The maximum atomic E-state index is 10.9. The normalized spacial score (nSPS) is 22.9. The maximum Gasteiger partial charge on any atom is 0.119 e. The van der Waals surface area contributed by atoms with E-state index in [0.717, 1.165) is 59.8 Å². The van der Waals surface area contributed by atoms with E-state index >= 15 is 0 Å². The third-order valence-electron chi connectivity index (χ3n) is 6.54. The molecule has 2 aliphatic heterocycles. The van der Waals surface area contributed by atoms with E-state index < -0.39 is 0 Å². The number of anilines is 1. The molecule has 0 aliphatic carbocycles. The summed E-state index contributed by atoms with van der Waals surface area (Å²) in [4.78, 5) is 9.27. The van der Waals surface area contributed by atoms with Crippen LogP contribution in [0.3, 0.4) is 0 Å². The molecule has 0 amide bonds. The summed E-state index contributed by atoms with van der Waals surface area (Å²) in [5.41, 5.74) is 3.38. The molecule has 0 unspecified atom stereocenters. The molecule has 2 fully saturated rings. The number of aliphatic hydroxyl groups is 1. The number of pyridine rings is 1. The lowest BCUT2D eigenvalue weighted by molar-refractivity contribution is 0.0364. The first-order valence-corrected chi connectivity index (χ1v) is 11.4. The molecule has 6 heteroatoms. The molecule has 0 bridgehead atoms. The molecule has 2 aliphatic rings. The number of halogens is 1. The number of nitrogens with zero attached hydrogens (tertiary/aromatic N) is 3. The molecular formula is C25H28ClN3O2. The first-order chi connectivity index (χ1) is 15.1. The number of hydrogen-bond donors (Lipinski definition) is 1. The van der Waals surface area contributed by atoms with Gasteiger partial charge in [0.25, 0.3) is 0 Å². The smallest absolute Gasteiger partial charge is 0.119 e. The fourth-order valence-electron chi connectivity index (χ4n) is 4.87. The molecule has 1 N–H and O–H groups in total. The van der Waals surface area contributed by atoms with E-state index in [2.05, 4.69) is 46.0 Å². The first-order valence-electron chi connectivity index (χ1n) is 11.0. The van der Waals surface area contributed by atoms with Gasteiger partial charge in [-0.15, -0.1) is 0 Å². The summed E-state index contributed by atoms with van der Waals surface area (Å²) in [6.07, 6.45) is 3.64. The van der Waals surface area contributed by atoms with Gasteiger partial charge in [0.05, 0.1) is 17.7 Å². The van der Waals surface area contributed by atoms with E-state index in [4.69, 9.17) is 16.3 Å². The minimum absolute atomic E-state index is 0.144. The third kappa shape index (κ3) is 4.36. The zero-order chi connectivity index (χ0) is 21.4. The quantitative estimate of drug-likeness (QED) is 0.659. The Kier molecular flexibility index (Phi) is 5.74. The summed E-state index contributed by atoms with van der Waals surface area (Å²) in [6, 6.07) is 16.2. The van der Waals surface area contributed by atoms with Crippen LogP contribution < -0.4 is 9.64 Å². The second kappa shape index (κ2) is 8.65. The number of fused-ring (bicyclic) bond motifs is 1. The number of aryl methyl sites for hydroxylation is 1. The molecule has 2 aromatic carbocycles. The molecule has 0 spiro atoms. The Morgan fingerprint density at radius 1 is 1.03 bits per heavy atom. The average Bonchev–Trinajstić information content (AvgIpc) is 3.16. The van der Waals surface area contributed by atoms with E-state index in [1.165, 1.54) is 5.56 Å². The van der Waals surface area contributed by atoms with Crippen molar-refractivity contribution in [3.05, 3.63) is 65.3 Å². The highest BCUT2D eigenvalue weighted by Gasteiger charge is 2.37. The van der Waals surface area contributed by atoms with Gasteiger partial charge in [-0.25, -0.2) is 0 Å². The van der Waals surface area contributed by atoms with Crippen molar-refractivity contribution in [3.8, 4) is 5.75 Å². The number of benzene rings is 2. The lowest BCUT2D eigenvalue weighted by Crippen LogP contribution is -2.49. The monoisotopic (exact) mass is 437 g/mol. The molecule has 0 radical (unpaired) electrons. The number of ether oxygens (including phenoxy) is 1. The third-order valence-corrected chi connectivity index (χ3v) is 6.79. The van der Waals surface area contributed by atoms with Gasteiger partial charge in [0.2, 0.25) is 0 Å².